The van der Waals surface area contributed by atoms with Crippen molar-refractivity contribution in [2.45, 2.75) is 4.90 Å². The third-order valence-corrected chi connectivity index (χ3v) is 5.28. The van der Waals surface area contributed by atoms with Gasteiger partial charge in [-0.05, 0) is 29.8 Å². The molecule has 3 rings (SSSR count). The number of anilines is 1. The fourth-order valence-electron chi connectivity index (χ4n) is 2.14. The summed E-state index contributed by atoms with van der Waals surface area (Å²) in [6.45, 7) is 0. The van der Waals surface area contributed by atoms with Gasteiger partial charge in [0.25, 0.3) is 10.0 Å². The standard InChI is InChI=1S/C18H13ClFN3O2S/c19-16-3-1-2-4-17(16)26(24,25)23-15-9-7-13(8-10-15)5-6-14-11-21-18(20)22-12-14/h1-12,23H/b6-5+. The predicted molar refractivity (Wildman–Crippen MR) is 99.6 cm³/mol. The van der Waals surface area contributed by atoms with Gasteiger partial charge in [-0.25, -0.2) is 18.4 Å². The minimum absolute atomic E-state index is 0.0157. The minimum atomic E-state index is -3.77. The first kappa shape index (κ1) is 18.0. The molecule has 1 heterocycles. The molecule has 0 aliphatic heterocycles. The molecule has 0 bridgehead atoms. The highest BCUT2D eigenvalue weighted by atomic mass is 35.5. The highest BCUT2D eigenvalue weighted by Crippen LogP contribution is 2.23. The van der Waals surface area contributed by atoms with Crippen LogP contribution in [0.15, 0.2) is 65.8 Å². The number of benzene rings is 2. The van der Waals surface area contributed by atoms with Crippen LogP contribution in [0.25, 0.3) is 12.2 Å². The Bertz CT molecular complexity index is 1040. The number of sulfonamides is 1. The summed E-state index contributed by atoms with van der Waals surface area (Å²) < 4.78 is 39.9. The molecule has 0 atom stereocenters. The molecule has 132 valence electrons. The molecule has 0 radical (unpaired) electrons. The van der Waals surface area contributed by atoms with Crippen molar-refractivity contribution in [3.63, 3.8) is 0 Å². The molecule has 0 saturated heterocycles. The molecule has 5 nitrogen and oxygen atoms in total. The number of rotatable bonds is 5. The molecule has 0 spiro atoms. The van der Waals surface area contributed by atoms with Crippen molar-refractivity contribution in [1.29, 1.82) is 0 Å². The topological polar surface area (TPSA) is 72.0 Å². The van der Waals surface area contributed by atoms with E-state index >= 15 is 0 Å². The number of hydrogen-bond donors (Lipinski definition) is 1. The van der Waals surface area contributed by atoms with E-state index in [0.717, 1.165) is 5.56 Å². The zero-order valence-corrected chi connectivity index (χ0v) is 14.9. The number of nitrogens with zero attached hydrogens (tertiary/aromatic N) is 2. The van der Waals surface area contributed by atoms with E-state index in [1.165, 1.54) is 24.5 Å². The van der Waals surface area contributed by atoms with Crippen LogP contribution in [-0.2, 0) is 10.0 Å². The van der Waals surface area contributed by atoms with Crippen LogP contribution in [0.5, 0.6) is 0 Å². The van der Waals surface area contributed by atoms with Crippen molar-refractivity contribution in [1.82, 2.24) is 9.97 Å². The third kappa shape index (κ3) is 4.44. The van der Waals surface area contributed by atoms with Crippen LogP contribution >= 0.6 is 11.6 Å². The van der Waals surface area contributed by atoms with Crippen LogP contribution in [0, 0.1) is 6.08 Å². The normalized spacial score (nSPS) is 11.6. The largest absolute Gasteiger partial charge is 0.308 e. The Morgan fingerprint density at radius 3 is 2.19 bits per heavy atom. The summed E-state index contributed by atoms with van der Waals surface area (Å²) in [6.07, 6.45) is 5.46. The first-order valence-electron chi connectivity index (χ1n) is 7.47. The highest BCUT2D eigenvalue weighted by molar-refractivity contribution is 7.92. The molecule has 0 unspecified atom stereocenters. The van der Waals surface area contributed by atoms with Crippen molar-refractivity contribution in [2.75, 3.05) is 4.72 Å². The summed E-state index contributed by atoms with van der Waals surface area (Å²) in [5, 5.41) is 0.154. The average Bonchev–Trinajstić information content (AvgIpc) is 2.62. The Balaban J connectivity index is 1.73. The maximum atomic E-state index is 12.7. The van der Waals surface area contributed by atoms with E-state index in [9.17, 15) is 12.8 Å². The first-order valence-corrected chi connectivity index (χ1v) is 9.33. The first-order chi connectivity index (χ1) is 12.4. The van der Waals surface area contributed by atoms with Crippen molar-refractivity contribution < 1.29 is 12.8 Å². The molecule has 1 aromatic heterocycles. The van der Waals surface area contributed by atoms with Crippen LogP contribution in [0.2, 0.25) is 5.02 Å². The van der Waals surface area contributed by atoms with Gasteiger partial charge in [0.15, 0.2) is 0 Å². The molecular formula is C18H13ClFN3O2S. The molecule has 0 fully saturated rings. The van der Waals surface area contributed by atoms with E-state index in [-0.39, 0.29) is 9.92 Å². The van der Waals surface area contributed by atoms with E-state index in [4.69, 9.17) is 11.6 Å². The van der Waals surface area contributed by atoms with Gasteiger partial charge in [-0.15, -0.1) is 0 Å². The van der Waals surface area contributed by atoms with Crippen LogP contribution in [0.1, 0.15) is 11.1 Å². The lowest BCUT2D eigenvalue weighted by molar-refractivity contribution is 0.538. The van der Waals surface area contributed by atoms with Gasteiger partial charge >= 0.3 is 6.08 Å². The summed E-state index contributed by atoms with van der Waals surface area (Å²) in [4.78, 5) is 6.95. The molecule has 26 heavy (non-hydrogen) atoms. The van der Waals surface area contributed by atoms with E-state index in [1.807, 2.05) is 0 Å². The van der Waals surface area contributed by atoms with Gasteiger partial charge in [-0.3, -0.25) is 4.72 Å². The highest BCUT2D eigenvalue weighted by Gasteiger charge is 2.17. The van der Waals surface area contributed by atoms with Gasteiger partial charge in [0.2, 0.25) is 0 Å². The Morgan fingerprint density at radius 2 is 1.54 bits per heavy atom. The second-order valence-corrected chi connectivity index (χ2v) is 7.33. The molecular weight excluding hydrogens is 377 g/mol. The maximum absolute atomic E-state index is 12.7. The third-order valence-electron chi connectivity index (χ3n) is 3.40. The van der Waals surface area contributed by atoms with Gasteiger partial charge in [0.1, 0.15) is 4.90 Å². The zero-order valence-electron chi connectivity index (χ0n) is 13.3. The molecule has 8 heteroatoms. The molecule has 3 aromatic rings. The summed E-state index contributed by atoms with van der Waals surface area (Å²) in [7, 11) is -3.77. The minimum Gasteiger partial charge on any atom is -0.280 e. The van der Waals surface area contributed by atoms with Gasteiger partial charge < -0.3 is 0 Å². The molecule has 0 amide bonds. The number of aromatic nitrogens is 2. The van der Waals surface area contributed by atoms with Gasteiger partial charge in [-0.2, -0.15) is 4.39 Å². The summed E-state index contributed by atoms with van der Waals surface area (Å²) in [6, 6.07) is 13.0. The Labute approximate surface area is 155 Å². The number of hydrogen-bond acceptors (Lipinski definition) is 4. The second kappa shape index (κ2) is 7.63. The zero-order chi connectivity index (χ0) is 18.6. The van der Waals surface area contributed by atoms with Crippen molar-refractivity contribution >= 4 is 39.5 Å². The fraction of sp³-hybridized carbons (Fsp3) is 0. The quantitative estimate of drug-likeness (QED) is 0.662. The average molecular weight is 390 g/mol. The Hall–Kier alpha value is -2.77. The predicted octanol–water partition coefficient (Wildman–Crippen LogP) is 4.24. The van der Waals surface area contributed by atoms with E-state index in [2.05, 4.69) is 14.7 Å². The molecule has 0 aliphatic carbocycles. The second-order valence-electron chi connectivity index (χ2n) is 5.28. The smallest absolute Gasteiger partial charge is 0.280 e. The summed E-state index contributed by atoms with van der Waals surface area (Å²) in [5.41, 5.74) is 1.89. The Kier molecular flexibility index (Phi) is 5.29. The van der Waals surface area contributed by atoms with Gasteiger partial charge in [0.05, 0.1) is 5.02 Å². The fourth-order valence-corrected chi connectivity index (χ4v) is 3.72. The van der Waals surface area contributed by atoms with Crippen molar-refractivity contribution in [2.24, 2.45) is 0 Å². The monoisotopic (exact) mass is 389 g/mol. The van der Waals surface area contributed by atoms with Crippen LogP contribution < -0.4 is 4.72 Å². The molecule has 0 saturated carbocycles. The van der Waals surface area contributed by atoms with Gasteiger partial charge in [0, 0.05) is 23.6 Å². The molecule has 0 aliphatic rings. The number of nitrogens with one attached hydrogen (secondary N) is 1. The SMILES string of the molecule is O=S(=O)(Nc1ccc(/C=C/c2cnc(F)nc2)cc1)c1ccccc1Cl. The lowest BCUT2D eigenvalue weighted by Gasteiger charge is -2.09. The van der Waals surface area contributed by atoms with Crippen LogP contribution in [0.4, 0.5) is 10.1 Å². The van der Waals surface area contributed by atoms with Crippen LogP contribution in [0.3, 0.4) is 0 Å². The lowest BCUT2D eigenvalue weighted by Crippen LogP contribution is -2.13. The summed E-state index contributed by atoms with van der Waals surface area (Å²) in [5.74, 6) is 0. The lowest BCUT2D eigenvalue weighted by atomic mass is 10.2. The summed E-state index contributed by atoms with van der Waals surface area (Å²) >= 11 is 5.95. The van der Waals surface area contributed by atoms with E-state index in [1.54, 1.807) is 48.6 Å². The van der Waals surface area contributed by atoms with E-state index < -0.39 is 16.1 Å². The number of halogens is 2. The van der Waals surface area contributed by atoms with Crippen molar-refractivity contribution in [3.05, 3.63) is 83.2 Å². The van der Waals surface area contributed by atoms with Crippen LogP contribution in [-0.4, -0.2) is 18.4 Å². The van der Waals surface area contributed by atoms with Crippen molar-refractivity contribution in [3.8, 4) is 0 Å². The Morgan fingerprint density at radius 1 is 0.923 bits per heavy atom. The molecule has 2 aromatic carbocycles. The molecule has 1 N–H and O–H groups in total. The maximum Gasteiger partial charge on any atom is 0.308 e. The van der Waals surface area contributed by atoms with E-state index in [0.29, 0.717) is 11.3 Å². The van der Waals surface area contributed by atoms with Gasteiger partial charge in [-0.1, -0.05) is 48.0 Å².